The van der Waals surface area contributed by atoms with Crippen molar-refractivity contribution in [2.45, 2.75) is 65.3 Å². The van der Waals surface area contributed by atoms with Crippen LogP contribution in [0, 0.1) is 0 Å². The van der Waals surface area contributed by atoms with Gasteiger partial charge in [0.1, 0.15) is 5.82 Å². The number of aromatic nitrogens is 5. The smallest absolute Gasteiger partial charge is 0.332 e. The van der Waals surface area contributed by atoms with Gasteiger partial charge in [-0.25, -0.2) is 9.78 Å². The fraction of sp³-hybridized carbons (Fsp3) is 0.462. The Morgan fingerprint density at radius 1 is 1.05 bits per heavy atom. The largest absolute Gasteiger partial charge is 0.399 e. The predicted molar refractivity (Wildman–Crippen MR) is 147 cm³/mol. The van der Waals surface area contributed by atoms with Gasteiger partial charge >= 0.3 is 5.69 Å². The fourth-order valence-corrected chi connectivity index (χ4v) is 4.89. The number of nitrogens with two attached hydrogens (primary N) is 1. The van der Waals surface area contributed by atoms with E-state index >= 15 is 0 Å². The lowest BCUT2D eigenvalue weighted by molar-refractivity contribution is 0.167. The summed E-state index contributed by atoms with van der Waals surface area (Å²) in [6.45, 7) is 6.09. The highest BCUT2D eigenvalue weighted by molar-refractivity contribution is 7.03. The minimum absolute atomic E-state index is 0.323. The van der Waals surface area contributed by atoms with E-state index in [-0.39, 0.29) is 11.2 Å². The summed E-state index contributed by atoms with van der Waals surface area (Å²) in [7, 11) is 0. The maximum Gasteiger partial charge on any atom is 0.332 e. The van der Waals surface area contributed by atoms with E-state index in [0.29, 0.717) is 81.1 Å². The molecule has 0 aliphatic rings. The lowest BCUT2D eigenvalue weighted by Crippen LogP contribution is -2.41. The summed E-state index contributed by atoms with van der Waals surface area (Å²) in [4.78, 5) is 32.0. The Labute approximate surface area is 219 Å². The van der Waals surface area contributed by atoms with Gasteiger partial charge in [0.2, 0.25) is 0 Å². The predicted octanol–water partition coefficient (Wildman–Crippen LogP) is 2.00. The van der Waals surface area contributed by atoms with E-state index in [2.05, 4.69) is 9.69 Å². The van der Waals surface area contributed by atoms with Crippen LogP contribution in [0.1, 0.15) is 43.8 Å². The average Bonchev–Trinajstić information content (AvgIpc) is 3.53. The molecule has 11 heteroatoms. The first-order chi connectivity index (χ1) is 17.9. The van der Waals surface area contributed by atoms with E-state index in [9.17, 15) is 14.7 Å². The number of hydrogen-bond acceptors (Lipinski definition) is 8. The molecule has 37 heavy (non-hydrogen) atoms. The molecule has 0 aliphatic heterocycles. The highest BCUT2D eigenvalue weighted by Gasteiger charge is 2.22. The Hall–Kier alpha value is -3.28. The van der Waals surface area contributed by atoms with Crippen LogP contribution in [0.2, 0.25) is 0 Å². The van der Waals surface area contributed by atoms with Crippen molar-refractivity contribution in [3.05, 3.63) is 73.6 Å². The highest BCUT2D eigenvalue weighted by atomic mass is 32.1. The third-order valence-corrected chi connectivity index (χ3v) is 7.04. The van der Waals surface area contributed by atoms with Gasteiger partial charge in [-0.15, -0.1) is 0 Å². The Balaban J connectivity index is 1.78. The Bertz CT molecular complexity index is 1420. The molecule has 1 aromatic carbocycles. The van der Waals surface area contributed by atoms with Gasteiger partial charge in [-0.3, -0.25) is 13.9 Å². The van der Waals surface area contributed by atoms with E-state index in [0.717, 1.165) is 11.3 Å². The first-order valence-corrected chi connectivity index (χ1v) is 13.6. The van der Waals surface area contributed by atoms with Crippen LogP contribution in [0.15, 0.2) is 45.3 Å². The number of fused-ring (bicyclic) bond motifs is 1. The molecule has 4 N–H and O–H groups in total. The average molecular weight is 526 g/mol. The van der Waals surface area contributed by atoms with Crippen molar-refractivity contribution in [3.8, 4) is 0 Å². The van der Waals surface area contributed by atoms with Gasteiger partial charge < -0.3 is 20.7 Å². The van der Waals surface area contributed by atoms with Gasteiger partial charge in [0.25, 0.3) is 5.56 Å². The number of aliphatic hydroxyl groups is 1. The molecule has 0 radical (unpaired) electrons. The van der Waals surface area contributed by atoms with E-state index < -0.39 is 6.10 Å². The molecule has 10 nitrogen and oxygen atoms in total. The van der Waals surface area contributed by atoms with Gasteiger partial charge in [0, 0.05) is 50.2 Å². The van der Waals surface area contributed by atoms with Crippen LogP contribution < -0.4 is 22.3 Å². The number of aryl methyl sites for hydroxylation is 2. The summed E-state index contributed by atoms with van der Waals surface area (Å²) in [6, 6.07) is 9.52. The fourth-order valence-electron chi connectivity index (χ4n) is 4.35. The van der Waals surface area contributed by atoms with Gasteiger partial charge in [0.15, 0.2) is 11.2 Å². The van der Waals surface area contributed by atoms with E-state index in [1.807, 2.05) is 54.1 Å². The molecule has 3 heterocycles. The molecule has 0 amide bonds. The quantitative estimate of drug-likeness (QED) is 0.180. The van der Waals surface area contributed by atoms with E-state index in [1.165, 1.54) is 16.1 Å². The van der Waals surface area contributed by atoms with Crippen molar-refractivity contribution in [2.75, 3.05) is 18.8 Å². The van der Waals surface area contributed by atoms with Crippen LogP contribution in [0.3, 0.4) is 0 Å². The normalized spacial score (nSPS) is 12.4. The van der Waals surface area contributed by atoms with E-state index in [1.54, 1.807) is 4.57 Å². The van der Waals surface area contributed by atoms with Crippen molar-refractivity contribution < 1.29 is 5.11 Å². The number of nitrogen functional groups attached to an aromatic ring is 1. The molecule has 1 atom stereocenters. The highest BCUT2D eigenvalue weighted by Crippen LogP contribution is 2.17. The molecule has 4 rings (SSSR count). The SMILES string of the molecule is CCCn1c(=O)c2c(nc(Cc3ccsn3)n2CCNCC(O)CC)n(CCc2ccc(N)cc2)c1=O. The number of nitrogens with zero attached hydrogens (tertiary/aromatic N) is 5. The molecular formula is C26H35N7O3S. The molecule has 0 spiro atoms. The van der Waals surface area contributed by atoms with Crippen LogP contribution in [-0.2, 0) is 32.5 Å². The van der Waals surface area contributed by atoms with Crippen LogP contribution >= 0.6 is 11.5 Å². The number of aliphatic hydroxyl groups excluding tert-OH is 1. The van der Waals surface area contributed by atoms with Crippen molar-refractivity contribution in [1.29, 1.82) is 0 Å². The Kier molecular flexibility index (Phi) is 8.91. The van der Waals surface area contributed by atoms with Crippen LogP contribution in [0.25, 0.3) is 11.2 Å². The number of rotatable bonds is 13. The van der Waals surface area contributed by atoms with Crippen molar-refractivity contribution in [1.82, 2.24) is 28.4 Å². The van der Waals surface area contributed by atoms with Crippen LogP contribution in [0.5, 0.6) is 0 Å². The summed E-state index contributed by atoms with van der Waals surface area (Å²) < 4.78 is 9.28. The lowest BCUT2D eigenvalue weighted by atomic mass is 10.1. The van der Waals surface area contributed by atoms with Crippen LogP contribution in [-0.4, -0.2) is 47.4 Å². The zero-order valence-electron chi connectivity index (χ0n) is 21.4. The van der Waals surface area contributed by atoms with Crippen molar-refractivity contribution in [3.63, 3.8) is 0 Å². The van der Waals surface area contributed by atoms with Gasteiger partial charge in [0.05, 0.1) is 11.8 Å². The molecule has 4 aromatic rings. The minimum Gasteiger partial charge on any atom is -0.399 e. The number of anilines is 1. The number of benzene rings is 1. The third kappa shape index (κ3) is 6.17. The Morgan fingerprint density at radius 2 is 1.84 bits per heavy atom. The van der Waals surface area contributed by atoms with E-state index in [4.69, 9.17) is 10.7 Å². The third-order valence-electron chi connectivity index (χ3n) is 6.44. The molecule has 0 saturated carbocycles. The lowest BCUT2D eigenvalue weighted by Gasteiger charge is -2.14. The topological polar surface area (TPSA) is 133 Å². The molecule has 0 aliphatic carbocycles. The summed E-state index contributed by atoms with van der Waals surface area (Å²) >= 11 is 1.37. The zero-order chi connectivity index (χ0) is 26.4. The van der Waals surface area contributed by atoms with Gasteiger partial charge in [-0.1, -0.05) is 26.0 Å². The standard InChI is InChI=1S/C26H35N7O3S/c1-3-12-33-25(35)23-24(32(26(33)36)13-9-18-5-7-19(27)8-6-18)29-22(16-20-10-15-37-30-20)31(23)14-11-28-17-21(34)4-2/h5-8,10,15,21,28,34H,3-4,9,11-14,16-17,27H2,1-2H3. The summed E-state index contributed by atoms with van der Waals surface area (Å²) in [5.41, 5.74) is 8.57. The van der Waals surface area contributed by atoms with Crippen molar-refractivity contribution in [2.24, 2.45) is 0 Å². The molecule has 0 saturated heterocycles. The maximum atomic E-state index is 13.6. The second-order valence-electron chi connectivity index (χ2n) is 9.17. The molecule has 1 unspecified atom stereocenters. The number of imidazole rings is 1. The molecule has 0 bridgehead atoms. The minimum atomic E-state index is -0.422. The first-order valence-electron chi connectivity index (χ1n) is 12.8. The summed E-state index contributed by atoms with van der Waals surface area (Å²) in [5, 5.41) is 15.1. The monoisotopic (exact) mass is 525 g/mol. The maximum absolute atomic E-state index is 13.6. The molecule has 198 valence electrons. The molecule has 3 aromatic heterocycles. The first kappa shape index (κ1) is 26.8. The molecular weight excluding hydrogens is 490 g/mol. The Morgan fingerprint density at radius 3 is 2.51 bits per heavy atom. The second-order valence-corrected chi connectivity index (χ2v) is 9.83. The van der Waals surface area contributed by atoms with Gasteiger partial charge in [-0.2, -0.15) is 4.37 Å². The second kappa shape index (κ2) is 12.3. The summed E-state index contributed by atoms with van der Waals surface area (Å²) in [6.07, 6.45) is 1.96. The van der Waals surface area contributed by atoms with Crippen LogP contribution in [0.4, 0.5) is 5.69 Å². The zero-order valence-corrected chi connectivity index (χ0v) is 22.2. The molecule has 0 fully saturated rings. The number of nitrogens with one attached hydrogen (secondary N) is 1. The van der Waals surface area contributed by atoms with Gasteiger partial charge in [-0.05, 0) is 54.6 Å². The van der Waals surface area contributed by atoms with Crippen molar-refractivity contribution >= 4 is 28.4 Å². The number of hydrogen-bond donors (Lipinski definition) is 3. The summed E-state index contributed by atoms with van der Waals surface area (Å²) in [5.74, 6) is 0.686.